The third-order valence-corrected chi connectivity index (χ3v) is 9.37. The molecule has 3 aliphatic rings. The number of amides is 4. The van der Waals surface area contributed by atoms with Crippen LogP contribution in [0.3, 0.4) is 0 Å². The predicted molar refractivity (Wildman–Crippen MR) is 182 cm³/mol. The van der Waals surface area contributed by atoms with Gasteiger partial charge in [0.15, 0.2) is 0 Å². The van der Waals surface area contributed by atoms with Gasteiger partial charge in [-0.2, -0.15) is 0 Å². The first-order chi connectivity index (χ1) is 22.4. The van der Waals surface area contributed by atoms with E-state index in [0.717, 1.165) is 16.7 Å². The predicted octanol–water partition coefficient (Wildman–Crippen LogP) is 3.28. The number of aromatic nitrogens is 2. The number of nitrogens with one attached hydrogen (secondary N) is 3. The number of carboxylic acids is 1. The van der Waals surface area contributed by atoms with E-state index in [0.29, 0.717) is 38.8 Å². The molecule has 4 N–H and O–H groups in total. The Balaban J connectivity index is 0.000000256. The van der Waals surface area contributed by atoms with Crippen molar-refractivity contribution in [2.24, 2.45) is 5.92 Å². The third kappa shape index (κ3) is 11.1. The van der Waals surface area contributed by atoms with Crippen molar-refractivity contribution in [3.63, 3.8) is 0 Å². The summed E-state index contributed by atoms with van der Waals surface area (Å²) < 4.78 is 0. The lowest BCUT2D eigenvalue weighted by Gasteiger charge is -2.39. The van der Waals surface area contributed by atoms with Crippen molar-refractivity contribution in [3.05, 3.63) is 72.6 Å². The molecule has 1 aromatic heterocycles. The minimum Gasteiger partial charge on any atom is -0.480 e. The fraction of sp³-hybridized carbons (Fsp3) is 0.441. The average Bonchev–Trinajstić information content (AvgIpc) is 3.76. The van der Waals surface area contributed by atoms with Crippen molar-refractivity contribution < 1.29 is 29.1 Å². The molecule has 252 valence electrons. The van der Waals surface area contributed by atoms with Crippen LogP contribution in [0.4, 0.5) is 0 Å². The Morgan fingerprint density at radius 2 is 1.89 bits per heavy atom. The van der Waals surface area contributed by atoms with Crippen molar-refractivity contribution in [2.45, 2.75) is 75.6 Å². The van der Waals surface area contributed by atoms with Crippen LogP contribution >= 0.6 is 11.8 Å². The molecule has 4 heterocycles. The van der Waals surface area contributed by atoms with Crippen molar-refractivity contribution >= 4 is 52.9 Å². The summed E-state index contributed by atoms with van der Waals surface area (Å²) in [6.45, 7) is 12.2. The number of carbonyl (C=O) groups excluding carboxylic acids is 4. The van der Waals surface area contributed by atoms with Crippen LogP contribution in [0.15, 0.2) is 66.9 Å². The van der Waals surface area contributed by atoms with Gasteiger partial charge in [-0.15, -0.1) is 11.8 Å². The van der Waals surface area contributed by atoms with Crippen molar-refractivity contribution in [3.8, 4) is 0 Å². The molecule has 0 aliphatic carbocycles. The molecule has 1 spiro atoms. The minimum atomic E-state index is -1.20. The zero-order chi connectivity index (χ0) is 34.6. The monoisotopic (exact) mass is 664 g/mol. The van der Waals surface area contributed by atoms with Crippen LogP contribution in [0.1, 0.15) is 52.1 Å². The lowest BCUT2D eigenvalue weighted by molar-refractivity contribution is -0.142. The standard InChI is InChI=1S/C17H24N4O6S.C9H8N2.C8H12/c1-9(23)21-4-2-17(3-5-21)7-10(13(24)20-17)6-11(16(26)27)19-14(25)12-15(28-12)18-8-22;1-7-6-10-8-4-2-3-5-9(8)11-7;1-4-6-7-8(3)5-2/h8,10-12,15H,2-7H2,1H3,(H,18,22)(H,19,25)(H,20,24)(H,26,27);2-6H,1H3;4-7H,1H2,2-3H3/b;;7-6-,8-5-. The molecule has 0 radical (unpaired) electrons. The van der Waals surface area contributed by atoms with Gasteiger partial charge in [0.05, 0.1) is 22.1 Å². The fourth-order valence-electron chi connectivity index (χ4n) is 5.38. The first-order valence-electron chi connectivity index (χ1n) is 15.5. The van der Waals surface area contributed by atoms with E-state index in [2.05, 4.69) is 45.5 Å². The van der Waals surface area contributed by atoms with Crippen LogP contribution < -0.4 is 16.0 Å². The molecular weight excluding hydrogens is 620 g/mol. The van der Waals surface area contributed by atoms with Gasteiger partial charge in [-0.25, -0.2) is 9.78 Å². The van der Waals surface area contributed by atoms with Crippen molar-refractivity contribution in [1.29, 1.82) is 0 Å². The van der Waals surface area contributed by atoms with Crippen LogP contribution in [0.2, 0.25) is 0 Å². The first-order valence-corrected chi connectivity index (χ1v) is 16.4. The van der Waals surface area contributed by atoms with E-state index in [1.54, 1.807) is 17.2 Å². The number of nitrogens with zero attached hydrogens (tertiary/aromatic N) is 3. The van der Waals surface area contributed by atoms with Crippen LogP contribution in [-0.4, -0.2) is 85.4 Å². The molecule has 5 rings (SSSR count). The number of aliphatic carboxylic acids is 1. The highest BCUT2D eigenvalue weighted by molar-refractivity contribution is 8.08. The van der Waals surface area contributed by atoms with Gasteiger partial charge in [-0.1, -0.05) is 48.6 Å². The van der Waals surface area contributed by atoms with Gasteiger partial charge >= 0.3 is 5.97 Å². The molecule has 4 unspecified atom stereocenters. The van der Waals surface area contributed by atoms with Gasteiger partial charge in [0.1, 0.15) is 11.3 Å². The summed E-state index contributed by atoms with van der Waals surface area (Å²) >= 11 is 1.23. The molecule has 13 heteroatoms. The third-order valence-electron chi connectivity index (χ3n) is 8.20. The fourth-order valence-corrected chi connectivity index (χ4v) is 6.13. The van der Waals surface area contributed by atoms with Crippen LogP contribution in [0, 0.1) is 12.8 Å². The van der Waals surface area contributed by atoms with Gasteiger partial charge in [-0.05, 0) is 58.6 Å². The molecule has 4 amide bonds. The molecule has 1 aromatic carbocycles. The summed E-state index contributed by atoms with van der Waals surface area (Å²) in [4.78, 5) is 68.4. The minimum absolute atomic E-state index is 0.00435. The molecule has 0 bridgehead atoms. The van der Waals surface area contributed by atoms with Gasteiger partial charge < -0.3 is 26.0 Å². The Morgan fingerprint density at radius 3 is 2.49 bits per heavy atom. The summed E-state index contributed by atoms with van der Waals surface area (Å²) in [7, 11) is 0. The second kappa shape index (κ2) is 17.4. The summed E-state index contributed by atoms with van der Waals surface area (Å²) in [5.74, 6) is -2.37. The highest BCUT2D eigenvalue weighted by Crippen LogP contribution is 2.39. The van der Waals surface area contributed by atoms with E-state index in [1.165, 1.54) is 24.3 Å². The van der Waals surface area contributed by atoms with Crippen LogP contribution in [0.25, 0.3) is 11.0 Å². The molecule has 12 nitrogen and oxygen atoms in total. The first kappa shape index (κ1) is 36.9. The number of hydrogen-bond acceptors (Lipinski definition) is 8. The molecule has 0 saturated carbocycles. The number of aryl methyl sites for hydroxylation is 1. The van der Waals surface area contributed by atoms with Gasteiger partial charge in [0.25, 0.3) is 0 Å². The Bertz CT molecular complexity index is 1520. The van der Waals surface area contributed by atoms with Gasteiger partial charge in [-0.3, -0.25) is 24.2 Å². The number of likely N-dealkylation sites (tertiary alicyclic amines) is 1. The largest absolute Gasteiger partial charge is 0.480 e. The summed E-state index contributed by atoms with van der Waals surface area (Å²) in [6, 6.07) is 6.69. The Hall–Kier alpha value is -4.52. The number of carboxylic acid groups (broad SMARTS) is 1. The van der Waals surface area contributed by atoms with Gasteiger partial charge in [0.2, 0.25) is 24.1 Å². The van der Waals surface area contributed by atoms with Crippen LogP contribution in [-0.2, 0) is 24.0 Å². The Labute approximate surface area is 279 Å². The summed E-state index contributed by atoms with van der Waals surface area (Å²) in [5.41, 5.74) is 3.74. The quantitative estimate of drug-likeness (QED) is 0.178. The highest BCUT2D eigenvalue weighted by Gasteiger charge is 2.48. The number of hydrogen-bond donors (Lipinski definition) is 4. The number of allylic oxidation sites excluding steroid dienone is 5. The maximum Gasteiger partial charge on any atom is 0.326 e. The lowest BCUT2D eigenvalue weighted by atomic mass is 9.82. The average molecular weight is 665 g/mol. The van der Waals surface area contributed by atoms with Crippen molar-refractivity contribution in [1.82, 2.24) is 30.8 Å². The number of fused-ring (bicyclic) bond motifs is 1. The maximum absolute atomic E-state index is 12.4. The maximum atomic E-state index is 12.4. The summed E-state index contributed by atoms with van der Waals surface area (Å²) in [6.07, 6.45) is 11.8. The van der Waals surface area contributed by atoms with E-state index >= 15 is 0 Å². The topological polar surface area (TPSA) is 171 Å². The van der Waals surface area contributed by atoms with Crippen molar-refractivity contribution in [2.75, 3.05) is 13.1 Å². The normalized spacial score (nSPS) is 21.8. The molecule has 2 aromatic rings. The Kier molecular flexibility index (Phi) is 13.7. The van der Waals surface area contributed by atoms with E-state index in [9.17, 15) is 29.1 Å². The van der Waals surface area contributed by atoms with E-state index in [4.69, 9.17) is 0 Å². The number of rotatable bonds is 9. The highest BCUT2D eigenvalue weighted by atomic mass is 32.2. The molecule has 3 saturated heterocycles. The van der Waals surface area contributed by atoms with E-state index < -0.39 is 34.6 Å². The SMILES string of the molecule is C=C/C=C\C(C)=C/C.CC(=O)N1CCC2(CC1)CC(CC(NC(=O)C1SC1NC=O)C(=O)O)C(=O)N2.Cc1cnc2ccccc2n1. The number of para-hydroxylation sites is 2. The molecular formula is C34H44N6O6S. The number of thioether (sulfide) groups is 1. The smallest absolute Gasteiger partial charge is 0.326 e. The summed E-state index contributed by atoms with van der Waals surface area (Å²) in [5, 5.41) is 16.6. The lowest BCUT2D eigenvalue weighted by Crippen LogP contribution is -2.51. The molecule has 3 aliphatic heterocycles. The van der Waals surface area contributed by atoms with E-state index in [1.807, 2.05) is 50.3 Å². The zero-order valence-corrected chi connectivity index (χ0v) is 28.1. The number of benzene rings is 1. The molecule has 47 heavy (non-hydrogen) atoms. The Morgan fingerprint density at radius 1 is 1.21 bits per heavy atom. The molecule has 4 atom stereocenters. The molecule has 3 fully saturated rings. The second-order valence-corrected chi connectivity index (χ2v) is 13.0. The zero-order valence-electron chi connectivity index (χ0n) is 27.3. The number of carbonyl (C=O) groups is 5. The van der Waals surface area contributed by atoms with Crippen LogP contribution in [0.5, 0.6) is 0 Å². The number of piperidine rings is 1. The van der Waals surface area contributed by atoms with E-state index in [-0.39, 0.29) is 23.6 Å². The second-order valence-electron chi connectivity index (χ2n) is 11.7. The van der Waals surface area contributed by atoms with Gasteiger partial charge in [0, 0.05) is 37.7 Å².